The predicted octanol–water partition coefficient (Wildman–Crippen LogP) is 1.18. The molecule has 0 aliphatic carbocycles. The van der Waals surface area contributed by atoms with E-state index in [1.54, 1.807) is 17.7 Å². The molecule has 0 bridgehead atoms. The van der Waals surface area contributed by atoms with Gasteiger partial charge in [0, 0.05) is 25.0 Å². The number of nitrogens with two attached hydrogens (primary N) is 1. The fourth-order valence-corrected chi connectivity index (χ4v) is 3.40. The number of fused-ring (bicyclic) bond motifs is 1. The van der Waals surface area contributed by atoms with Crippen molar-refractivity contribution in [3.8, 4) is 0 Å². The van der Waals surface area contributed by atoms with Crippen LogP contribution in [0.4, 0.5) is 0 Å². The van der Waals surface area contributed by atoms with Crippen molar-refractivity contribution in [1.29, 1.82) is 0 Å². The van der Waals surface area contributed by atoms with Crippen molar-refractivity contribution in [2.24, 2.45) is 12.8 Å². The molecule has 0 aliphatic rings. The highest BCUT2D eigenvalue weighted by atomic mass is 32.2. The predicted molar refractivity (Wildman–Crippen MR) is 71.0 cm³/mol. The number of hydrogen-bond acceptors (Lipinski definition) is 6. The van der Waals surface area contributed by atoms with Crippen molar-refractivity contribution in [2.75, 3.05) is 6.54 Å². The molecular weight excluding hydrogens is 268 g/mol. The largest absolute Gasteiger partial charge is 0.330 e. The first-order chi connectivity index (χ1) is 8.79. The maximum absolute atomic E-state index is 5.67. The van der Waals surface area contributed by atoms with Gasteiger partial charge in [-0.05, 0) is 18.3 Å². The Hall–Kier alpha value is -1.38. The van der Waals surface area contributed by atoms with Crippen LogP contribution >= 0.6 is 23.1 Å². The molecule has 0 saturated carbocycles. The second-order valence-electron chi connectivity index (χ2n) is 3.78. The van der Waals surface area contributed by atoms with E-state index in [9.17, 15) is 0 Å². The molecule has 0 unspecified atom stereocenters. The van der Waals surface area contributed by atoms with E-state index in [1.807, 2.05) is 23.2 Å². The molecule has 3 aromatic heterocycles. The molecule has 3 rings (SSSR count). The highest BCUT2D eigenvalue weighted by molar-refractivity contribution is 7.99. The van der Waals surface area contributed by atoms with Gasteiger partial charge in [0.15, 0.2) is 10.1 Å². The Kier molecular flexibility index (Phi) is 3.06. The van der Waals surface area contributed by atoms with Crippen molar-refractivity contribution in [3.63, 3.8) is 0 Å². The third kappa shape index (κ3) is 1.92. The maximum atomic E-state index is 5.67. The first kappa shape index (κ1) is 11.7. The number of rotatable bonds is 4. The molecule has 0 aliphatic heterocycles. The Labute approximate surface area is 112 Å². The minimum Gasteiger partial charge on any atom is -0.330 e. The summed E-state index contributed by atoms with van der Waals surface area (Å²) in [4.78, 5) is 5.60. The quantitative estimate of drug-likeness (QED) is 0.776. The zero-order valence-electron chi connectivity index (χ0n) is 9.78. The molecule has 18 heavy (non-hydrogen) atoms. The third-order valence-electron chi connectivity index (χ3n) is 2.56. The second kappa shape index (κ2) is 4.71. The van der Waals surface area contributed by atoms with Crippen molar-refractivity contribution in [3.05, 3.63) is 23.6 Å². The number of imidazole rings is 1. The molecule has 3 heterocycles. The van der Waals surface area contributed by atoms with Gasteiger partial charge in [0.1, 0.15) is 11.4 Å². The van der Waals surface area contributed by atoms with Crippen LogP contribution in [-0.2, 0) is 13.5 Å². The zero-order valence-corrected chi connectivity index (χ0v) is 11.4. The Morgan fingerprint density at radius 1 is 1.50 bits per heavy atom. The van der Waals surface area contributed by atoms with Crippen LogP contribution in [-0.4, -0.2) is 30.7 Å². The number of aromatic nitrogens is 5. The van der Waals surface area contributed by atoms with E-state index in [4.69, 9.17) is 5.73 Å². The summed E-state index contributed by atoms with van der Waals surface area (Å²) in [6.45, 7) is 0.607. The fourth-order valence-electron chi connectivity index (χ4n) is 1.71. The van der Waals surface area contributed by atoms with E-state index in [-0.39, 0.29) is 0 Å². The first-order valence-electron chi connectivity index (χ1n) is 5.46. The standard InChI is InChI=1S/C10H12N6S2/c1-15-6-12-14-10(15)18-8-7(2-3-11)16-4-5-17-9(16)13-8/h4-6H,2-3,11H2,1H3. The molecule has 0 spiro atoms. The highest BCUT2D eigenvalue weighted by Gasteiger charge is 2.15. The third-order valence-corrected chi connectivity index (χ3v) is 4.39. The van der Waals surface area contributed by atoms with E-state index >= 15 is 0 Å². The zero-order chi connectivity index (χ0) is 12.5. The Morgan fingerprint density at radius 3 is 3.11 bits per heavy atom. The molecule has 0 saturated heterocycles. The SMILES string of the molecule is Cn1cnnc1Sc1nc2sccn2c1CCN. The molecule has 0 fully saturated rings. The lowest BCUT2D eigenvalue weighted by Crippen LogP contribution is -2.05. The number of hydrogen-bond donors (Lipinski definition) is 1. The van der Waals surface area contributed by atoms with Crippen molar-refractivity contribution >= 4 is 28.1 Å². The monoisotopic (exact) mass is 280 g/mol. The Bertz CT molecular complexity index is 667. The number of aryl methyl sites for hydroxylation is 1. The van der Waals surface area contributed by atoms with Gasteiger partial charge in [0.2, 0.25) is 0 Å². The molecule has 0 radical (unpaired) electrons. The van der Waals surface area contributed by atoms with Crippen LogP contribution in [0.2, 0.25) is 0 Å². The van der Waals surface area contributed by atoms with Gasteiger partial charge in [-0.15, -0.1) is 21.5 Å². The van der Waals surface area contributed by atoms with Gasteiger partial charge >= 0.3 is 0 Å². The van der Waals surface area contributed by atoms with Gasteiger partial charge in [-0.3, -0.25) is 4.40 Å². The van der Waals surface area contributed by atoms with Gasteiger partial charge in [-0.2, -0.15) is 0 Å². The highest BCUT2D eigenvalue weighted by Crippen LogP contribution is 2.30. The number of thiazole rings is 1. The lowest BCUT2D eigenvalue weighted by atomic mass is 10.3. The van der Waals surface area contributed by atoms with Crippen molar-refractivity contribution < 1.29 is 0 Å². The first-order valence-corrected chi connectivity index (χ1v) is 7.15. The van der Waals surface area contributed by atoms with Crippen LogP contribution in [0.25, 0.3) is 4.96 Å². The van der Waals surface area contributed by atoms with E-state index in [0.29, 0.717) is 6.54 Å². The van der Waals surface area contributed by atoms with Crippen LogP contribution < -0.4 is 5.73 Å². The minimum atomic E-state index is 0.607. The molecule has 6 nitrogen and oxygen atoms in total. The van der Waals surface area contributed by atoms with Crippen molar-refractivity contribution in [2.45, 2.75) is 16.6 Å². The normalized spacial score (nSPS) is 11.4. The topological polar surface area (TPSA) is 74.0 Å². The van der Waals surface area contributed by atoms with Crippen molar-refractivity contribution in [1.82, 2.24) is 24.1 Å². The molecule has 2 N–H and O–H groups in total. The lowest BCUT2D eigenvalue weighted by Gasteiger charge is -2.01. The van der Waals surface area contributed by atoms with Gasteiger partial charge in [0.05, 0.1) is 5.69 Å². The van der Waals surface area contributed by atoms with Crippen LogP contribution in [0.15, 0.2) is 28.1 Å². The van der Waals surface area contributed by atoms with Gasteiger partial charge in [-0.25, -0.2) is 4.98 Å². The molecule has 0 amide bonds. The molecule has 8 heteroatoms. The summed E-state index contributed by atoms with van der Waals surface area (Å²) < 4.78 is 3.97. The van der Waals surface area contributed by atoms with Crippen LogP contribution in [0.1, 0.15) is 5.69 Å². The minimum absolute atomic E-state index is 0.607. The fraction of sp³-hybridized carbons (Fsp3) is 0.300. The second-order valence-corrected chi connectivity index (χ2v) is 5.61. The maximum Gasteiger partial charge on any atom is 0.197 e. The van der Waals surface area contributed by atoms with Crippen LogP contribution in [0, 0.1) is 0 Å². The molecule has 3 aromatic rings. The molecular formula is C10H12N6S2. The van der Waals surface area contributed by atoms with E-state index in [0.717, 1.165) is 27.3 Å². The summed E-state index contributed by atoms with van der Waals surface area (Å²) in [5.41, 5.74) is 6.81. The molecule has 0 aromatic carbocycles. The van der Waals surface area contributed by atoms with E-state index in [2.05, 4.69) is 19.6 Å². The average molecular weight is 280 g/mol. The molecule has 94 valence electrons. The Morgan fingerprint density at radius 2 is 2.39 bits per heavy atom. The smallest absolute Gasteiger partial charge is 0.197 e. The summed E-state index contributed by atoms with van der Waals surface area (Å²) in [7, 11) is 1.92. The van der Waals surface area contributed by atoms with Gasteiger partial charge in [-0.1, -0.05) is 0 Å². The summed E-state index contributed by atoms with van der Waals surface area (Å²) in [5, 5.41) is 11.8. The average Bonchev–Trinajstić information content (AvgIpc) is 3.01. The van der Waals surface area contributed by atoms with E-state index < -0.39 is 0 Å². The summed E-state index contributed by atoms with van der Waals surface area (Å²) in [5.74, 6) is 0. The Balaban J connectivity index is 2.02. The number of nitrogens with zero attached hydrogens (tertiary/aromatic N) is 5. The lowest BCUT2D eigenvalue weighted by molar-refractivity contribution is 0.785. The van der Waals surface area contributed by atoms with Gasteiger partial charge in [0.25, 0.3) is 0 Å². The van der Waals surface area contributed by atoms with Crippen LogP contribution in [0.5, 0.6) is 0 Å². The van der Waals surface area contributed by atoms with Crippen LogP contribution in [0.3, 0.4) is 0 Å². The summed E-state index contributed by atoms with van der Waals surface area (Å²) >= 11 is 3.15. The summed E-state index contributed by atoms with van der Waals surface area (Å²) in [6.07, 6.45) is 4.51. The molecule has 0 atom stereocenters. The van der Waals surface area contributed by atoms with E-state index in [1.165, 1.54) is 11.8 Å². The van der Waals surface area contributed by atoms with Gasteiger partial charge < -0.3 is 10.3 Å². The summed E-state index contributed by atoms with van der Waals surface area (Å²) in [6, 6.07) is 0.